The molecular formula is C48H62N4O8. The predicted molar refractivity (Wildman–Crippen MR) is 230 cm³/mol. The van der Waals surface area contributed by atoms with E-state index in [-0.39, 0.29) is 23.8 Å². The highest BCUT2D eigenvalue weighted by molar-refractivity contribution is 5.94. The third-order valence-corrected chi connectivity index (χ3v) is 15.3. The van der Waals surface area contributed by atoms with E-state index in [0.29, 0.717) is 43.7 Å². The van der Waals surface area contributed by atoms with E-state index in [0.717, 1.165) is 52.9 Å². The number of ether oxygens (including phenoxy) is 4. The normalized spacial score (nSPS) is 34.7. The summed E-state index contributed by atoms with van der Waals surface area (Å²) in [6, 6.07) is 11.3. The molecule has 3 aromatic rings. The van der Waals surface area contributed by atoms with Gasteiger partial charge in [0.05, 0.1) is 27.4 Å². The summed E-state index contributed by atoms with van der Waals surface area (Å²) in [6.07, 6.45) is 7.74. The highest BCUT2D eigenvalue weighted by atomic mass is 16.6. The number of fused-ring (bicyclic) bond motifs is 5. The molecule has 5 aliphatic rings. The minimum absolute atomic E-state index is 0.0396. The van der Waals surface area contributed by atoms with E-state index in [9.17, 15) is 14.7 Å². The van der Waals surface area contributed by atoms with Gasteiger partial charge in [-0.05, 0) is 68.5 Å². The highest BCUT2D eigenvalue weighted by Crippen LogP contribution is 2.65. The van der Waals surface area contributed by atoms with Crippen molar-refractivity contribution in [1.29, 1.82) is 0 Å². The Morgan fingerprint density at radius 2 is 1.72 bits per heavy atom. The van der Waals surface area contributed by atoms with Crippen molar-refractivity contribution >= 4 is 34.5 Å². The van der Waals surface area contributed by atoms with E-state index in [1.165, 1.54) is 26.7 Å². The van der Waals surface area contributed by atoms with Gasteiger partial charge in [-0.1, -0.05) is 69.7 Å². The van der Waals surface area contributed by atoms with Crippen molar-refractivity contribution in [3.63, 3.8) is 0 Å². The van der Waals surface area contributed by atoms with E-state index in [1.807, 2.05) is 37.1 Å². The zero-order valence-electron chi connectivity index (χ0n) is 36.9. The number of carbonyl (C=O) groups is 3. The fraction of sp³-hybridized carbons (Fsp3) is 0.562. The quantitative estimate of drug-likeness (QED) is 0.165. The number of aromatic nitrogens is 1. The molecule has 0 amide bonds. The number of nitrogens with one attached hydrogen (secondary N) is 1. The van der Waals surface area contributed by atoms with Crippen LogP contribution < -0.4 is 9.64 Å². The molecule has 5 heterocycles. The summed E-state index contributed by atoms with van der Waals surface area (Å²) in [5.74, 6) is -1.73. The third-order valence-electron chi connectivity index (χ3n) is 15.3. The number of aromatic amines is 1. The minimum atomic E-state index is -2.25. The van der Waals surface area contributed by atoms with Crippen LogP contribution in [0.2, 0.25) is 0 Å². The van der Waals surface area contributed by atoms with Gasteiger partial charge in [0, 0.05) is 90.3 Å². The van der Waals surface area contributed by atoms with Crippen LogP contribution in [0.4, 0.5) is 5.69 Å². The number of benzene rings is 2. The average molecular weight is 823 g/mol. The Kier molecular flexibility index (Phi) is 10.6. The number of carbonyl (C=O) groups excluding carboxylic acids is 3. The predicted octanol–water partition coefficient (Wildman–Crippen LogP) is 6.03. The number of esters is 3. The number of nitrogens with zero attached hydrogens (tertiary/aromatic N) is 3. The summed E-state index contributed by atoms with van der Waals surface area (Å²) in [5.41, 5.74) is 1.34. The first kappa shape index (κ1) is 42.1. The third kappa shape index (κ3) is 5.76. The lowest BCUT2D eigenvalue weighted by molar-refractivity contribution is -0.244. The van der Waals surface area contributed by atoms with Crippen molar-refractivity contribution in [3.05, 3.63) is 82.6 Å². The fourth-order valence-corrected chi connectivity index (χ4v) is 12.8. The molecule has 9 atom stereocenters. The second kappa shape index (κ2) is 15.1. The van der Waals surface area contributed by atoms with E-state index in [2.05, 4.69) is 79.0 Å². The van der Waals surface area contributed by atoms with Crippen LogP contribution in [0.15, 0.2) is 60.2 Å². The number of aliphatic hydroxyl groups is 1. The van der Waals surface area contributed by atoms with Crippen molar-refractivity contribution in [1.82, 2.24) is 14.8 Å². The molecule has 322 valence electrons. The van der Waals surface area contributed by atoms with E-state index in [4.69, 9.17) is 18.9 Å². The molecular weight excluding hydrogens is 761 g/mol. The maximum absolute atomic E-state index is 15.2. The molecule has 12 nitrogen and oxygen atoms in total. The summed E-state index contributed by atoms with van der Waals surface area (Å²) in [4.78, 5) is 53.1. The molecule has 2 aromatic carbocycles. The Morgan fingerprint density at radius 1 is 0.983 bits per heavy atom. The summed E-state index contributed by atoms with van der Waals surface area (Å²) < 4.78 is 24.0. The molecule has 0 radical (unpaired) electrons. The van der Waals surface area contributed by atoms with Crippen molar-refractivity contribution in [3.8, 4) is 5.75 Å². The largest absolute Gasteiger partial charge is 0.496 e. The zero-order chi connectivity index (χ0) is 43.1. The first-order valence-corrected chi connectivity index (χ1v) is 21.5. The van der Waals surface area contributed by atoms with Crippen molar-refractivity contribution in [2.45, 2.75) is 101 Å². The first-order chi connectivity index (χ1) is 28.6. The second-order valence-electron chi connectivity index (χ2n) is 18.4. The first-order valence-electron chi connectivity index (χ1n) is 21.5. The van der Waals surface area contributed by atoms with Gasteiger partial charge in [-0.25, -0.2) is 4.79 Å². The number of hydrogen-bond acceptors (Lipinski definition) is 11. The van der Waals surface area contributed by atoms with Crippen LogP contribution in [0.5, 0.6) is 5.75 Å². The summed E-state index contributed by atoms with van der Waals surface area (Å²) in [6.45, 7) is 12.8. The number of anilines is 1. The second-order valence-corrected chi connectivity index (χ2v) is 18.4. The van der Waals surface area contributed by atoms with Crippen LogP contribution in [0.3, 0.4) is 0 Å². The molecule has 0 spiro atoms. The lowest BCUT2D eigenvalue weighted by Gasteiger charge is -2.71. The molecule has 1 unspecified atom stereocenters. The topological polar surface area (TPSA) is 134 Å². The maximum Gasteiger partial charge on any atom is 0.344 e. The lowest BCUT2D eigenvalue weighted by Crippen LogP contribution is -2.84. The summed E-state index contributed by atoms with van der Waals surface area (Å²) >= 11 is 0. The number of H-pyrrole nitrogens is 1. The number of allylic oxidation sites excluding steroid dienone is 1. The number of hydrogen-bond donors (Lipinski definition) is 2. The standard InChI is InChI=1S/C48H62N4O8/c1-11-30-22-28(3)25-47(43(54)58-9,39-32(27-50(6)26-30)31-16-13-14-17-35(31)49-39)34-23-33-36(24-37(34)57-8)51(7)41-38-40-46(12-2,18-15-20-52(40)21-19-45(33,38)5)42(60-29(4)53)48(41,56)44(55)59-10/h13-18,22-24,28,38,40-42,49,56H,11-12,19-21,25-27H2,1-10H3/b30-22-/t28-,38?,40-,41-,42-,45+,46-,47+,48+/m1/s1. The van der Waals surface area contributed by atoms with E-state index < -0.39 is 45.9 Å². The van der Waals surface area contributed by atoms with E-state index in [1.54, 1.807) is 7.11 Å². The minimum Gasteiger partial charge on any atom is -0.496 e. The fourth-order valence-electron chi connectivity index (χ4n) is 12.8. The Labute approximate surface area is 353 Å². The molecule has 2 fully saturated rings. The molecule has 60 heavy (non-hydrogen) atoms. The number of methoxy groups -OCH3 is 3. The van der Waals surface area contributed by atoms with Crippen molar-refractivity contribution in [2.75, 3.05) is 60.0 Å². The molecule has 12 heteroatoms. The van der Waals surface area contributed by atoms with E-state index >= 15 is 4.79 Å². The summed E-state index contributed by atoms with van der Waals surface area (Å²) in [5, 5.41) is 14.3. The Hall–Kier alpha value is -4.65. The van der Waals surface area contributed by atoms with Crippen LogP contribution in [0.1, 0.15) is 82.7 Å². The number of piperidine rings is 1. The van der Waals surface area contributed by atoms with Crippen LogP contribution in [-0.2, 0) is 46.0 Å². The number of likely N-dealkylation sites (N-methyl/N-ethyl adjacent to an activating group) is 2. The monoisotopic (exact) mass is 822 g/mol. The Bertz CT molecular complexity index is 2280. The van der Waals surface area contributed by atoms with Crippen LogP contribution in [-0.4, -0.2) is 117 Å². The van der Waals surface area contributed by atoms with Crippen molar-refractivity contribution in [2.24, 2.45) is 17.3 Å². The van der Waals surface area contributed by atoms with Gasteiger partial charge in [0.25, 0.3) is 0 Å². The van der Waals surface area contributed by atoms with Crippen LogP contribution >= 0.6 is 0 Å². The van der Waals surface area contributed by atoms with Gasteiger partial charge in [-0.2, -0.15) is 0 Å². The molecule has 8 rings (SSSR count). The van der Waals surface area contributed by atoms with Gasteiger partial charge in [-0.15, -0.1) is 0 Å². The van der Waals surface area contributed by atoms with Gasteiger partial charge in [0.2, 0.25) is 5.60 Å². The SMILES string of the molecule is CC/C1=C/[C@@H](C)C[C@](C(=O)OC)(c2cc3c(cc2OC)N(C)[C@@H]2C4[C@H]5N(CC=C[C@@]5(CC)[C@@H](OC(C)=O)[C@]2(O)C(=O)OC)CC[C@@]34C)c2[nH]c3ccccc3c2CN(C)C1. The average Bonchev–Trinajstić information content (AvgIpc) is 3.61. The van der Waals surface area contributed by atoms with Crippen LogP contribution in [0.25, 0.3) is 10.9 Å². The van der Waals surface area contributed by atoms with Gasteiger partial charge in [-0.3, -0.25) is 19.4 Å². The molecule has 2 N–H and O–H groups in total. The molecule has 1 saturated carbocycles. The lowest BCUT2D eigenvalue weighted by atomic mass is 9.44. The van der Waals surface area contributed by atoms with Crippen LogP contribution in [0, 0.1) is 17.3 Å². The molecule has 1 aromatic heterocycles. The van der Waals surface area contributed by atoms with Gasteiger partial charge < -0.3 is 33.9 Å². The Balaban J connectivity index is 1.46. The van der Waals surface area contributed by atoms with Gasteiger partial charge in [0.1, 0.15) is 11.2 Å². The molecule has 1 saturated heterocycles. The number of rotatable bonds is 7. The highest BCUT2D eigenvalue weighted by Gasteiger charge is 2.76. The van der Waals surface area contributed by atoms with Crippen molar-refractivity contribution < 1.29 is 38.4 Å². The number of para-hydroxylation sites is 1. The van der Waals surface area contributed by atoms with Gasteiger partial charge >= 0.3 is 17.9 Å². The zero-order valence-corrected chi connectivity index (χ0v) is 36.9. The maximum atomic E-state index is 15.2. The molecule has 0 bridgehead atoms. The van der Waals surface area contributed by atoms with Gasteiger partial charge in [0.15, 0.2) is 6.10 Å². The Morgan fingerprint density at radius 3 is 2.38 bits per heavy atom. The molecule has 4 aliphatic heterocycles. The molecule has 1 aliphatic carbocycles. The summed E-state index contributed by atoms with van der Waals surface area (Å²) in [7, 11) is 8.37. The smallest absolute Gasteiger partial charge is 0.344 e.